The van der Waals surface area contributed by atoms with Crippen LogP contribution in [-0.2, 0) is 0 Å². The molecule has 104 valence electrons. The lowest BCUT2D eigenvalue weighted by Crippen LogP contribution is -2.44. The molecule has 1 amide bonds. The maximum Gasteiger partial charge on any atom is 0.254 e. The molecule has 0 saturated carbocycles. The molecule has 1 fully saturated rings. The fourth-order valence-electron chi connectivity index (χ4n) is 2.35. The number of nitrogens with one attached hydrogen (secondary N) is 1. The summed E-state index contributed by atoms with van der Waals surface area (Å²) in [6.07, 6.45) is 2.05. The van der Waals surface area contributed by atoms with Crippen LogP contribution in [0.5, 0.6) is 5.75 Å². The van der Waals surface area contributed by atoms with Crippen LogP contribution in [0.4, 0.5) is 0 Å². The number of amides is 1. The second-order valence-electron chi connectivity index (χ2n) is 4.74. The Morgan fingerprint density at radius 3 is 2.68 bits per heavy atom. The SMILES string of the molecule is COc1ccc(C(=O)N(C)C2CCNCC2)c(I)c1. The van der Waals surface area contributed by atoms with E-state index in [9.17, 15) is 4.79 Å². The van der Waals surface area contributed by atoms with Crippen molar-refractivity contribution in [3.8, 4) is 5.75 Å². The molecular formula is C14H19IN2O2. The van der Waals surface area contributed by atoms with Gasteiger partial charge in [-0.15, -0.1) is 0 Å². The third-order valence-electron chi connectivity index (χ3n) is 3.58. The van der Waals surface area contributed by atoms with Gasteiger partial charge in [0.25, 0.3) is 5.91 Å². The number of ether oxygens (including phenoxy) is 1. The van der Waals surface area contributed by atoms with Crippen LogP contribution >= 0.6 is 22.6 Å². The molecule has 19 heavy (non-hydrogen) atoms. The van der Waals surface area contributed by atoms with Crippen LogP contribution in [0.1, 0.15) is 23.2 Å². The Kier molecular flexibility index (Phi) is 5.04. The van der Waals surface area contributed by atoms with Crippen LogP contribution in [0.15, 0.2) is 18.2 Å². The molecule has 1 aromatic rings. The molecule has 1 aliphatic rings. The summed E-state index contributed by atoms with van der Waals surface area (Å²) in [5, 5.41) is 3.32. The zero-order valence-corrected chi connectivity index (χ0v) is 13.4. The number of benzene rings is 1. The first kappa shape index (κ1) is 14.6. The van der Waals surface area contributed by atoms with Crippen molar-refractivity contribution in [2.45, 2.75) is 18.9 Å². The van der Waals surface area contributed by atoms with E-state index in [-0.39, 0.29) is 5.91 Å². The fraction of sp³-hybridized carbons (Fsp3) is 0.500. The highest BCUT2D eigenvalue weighted by molar-refractivity contribution is 14.1. The molecule has 1 aliphatic heterocycles. The number of carbonyl (C=O) groups is 1. The lowest BCUT2D eigenvalue weighted by Gasteiger charge is -2.32. The van der Waals surface area contributed by atoms with Gasteiger partial charge in [0.2, 0.25) is 0 Å². The molecule has 1 N–H and O–H groups in total. The van der Waals surface area contributed by atoms with Crippen molar-refractivity contribution in [2.75, 3.05) is 27.2 Å². The smallest absolute Gasteiger partial charge is 0.254 e. The molecule has 0 aliphatic carbocycles. The number of rotatable bonds is 3. The number of halogens is 1. The Balaban J connectivity index is 2.14. The van der Waals surface area contributed by atoms with E-state index in [0.717, 1.165) is 40.8 Å². The van der Waals surface area contributed by atoms with E-state index in [1.54, 1.807) is 7.11 Å². The van der Waals surface area contributed by atoms with Crippen molar-refractivity contribution >= 4 is 28.5 Å². The predicted molar refractivity (Wildman–Crippen MR) is 83.7 cm³/mol. The summed E-state index contributed by atoms with van der Waals surface area (Å²) in [5.41, 5.74) is 0.752. The summed E-state index contributed by atoms with van der Waals surface area (Å²) in [5.74, 6) is 0.879. The first-order valence-electron chi connectivity index (χ1n) is 6.45. The van der Waals surface area contributed by atoms with Gasteiger partial charge in [-0.2, -0.15) is 0 Å². The number of hydrogen-bond donors (Lipinski definition) is 1. The molecule has 1 heterocycles. The van der Waals surface area contributed by atoms with E-state index >= 15 is 0 Å². The van der Waals surface area contributed by atoms with Gasteiger partial charge < -0.3 is 15.0 Å². The molecule has 0 unspecified atom stereocenters. The Morgan fingerprint density at radius 1 is 1.42 bits per heavy atom. The van der Waals surface area contributed by atoms with Gasteiger partial charge in [0, 0.05) is 16.7 Å². The third kappa shape index (κ3) is 3.39. The Bertz CT molecular complexity index is 459. The monoisotopic (exact) mass is 374 g/mol. The normalized spacial score (nSPS) is 16.2. The number of carbonyl (C=O) groups excluding carboxylic acids is 1. The summed E-state index contributed by atoms with van der Waals surface area (Å²) >= 11 is 2.19. The quantitative estimate of drug-likeness (QED) is 0.825. The van der Waals surface area contributed by atoms with E-state index in [1.807, 2.05) is 30.1 Å². The molecule has 0 radical (unpaired) electrons. The molecule has 5 heteroatoms. The van der Waals surface area contributed by atoms with Crippen molar-refractivity contribution < 1.29 is 9.53 Å². The van der Waals surface area contributed by atoms with Gasteiger partial charge in [-0.25, -0.2) is 0 Å². The zero-order chi connectivity index (χ0) is 13.8. The topological polar surface area (TPSA) is 41.6 Å². The van der Waals surface area contributed by atoms with Crippen molar-refractivity contribution in [3.63, 3.8) is 0 Å². The fourth-order valence-corrected chi connectivity index (χ4v) is 3.06. The molecule has 1 saturated heterocycles. The minimum absolute atomic E-state index is 0.0963. The summed E-state index contributed by atoms with van der Waals surface area (Å²) in [6, 6.07) is 5.92. The molecule has 0 bridgehead atoms. The van der Waals surface area contributed by atoms with Gasteiger partial charge in [0.15, 0.2) is 0 Å². The van der Waals surface area contributed by atoms with Gasteiger partial charge >= 0.3 is 0 Å². The van der Waals surface area contributed by atoms with Gasteiger partial charge in [0.05, 0.1) is 12.7 Å². The van der Waals surface area contributed by atoms with Crippen LogP contribution in [0.25, 0.3) is 0 Å². The lowest BCUT2D eigenvalue weighted by molar-refractivity contribution is 0.0702. The first-order chi connectivity index (χ1) is 9.13. The minimum Gasteiger partial charge on any atom is -0.497 e. The summed E-state index contributed by atoms with van der Waals surface area (Å²) in [4.78, 5) is 14.4. The lowest BCUT2D eigenvalue weighted by atomic mass is 10.0. The highest BCUT2D eigenvalue weighted by Gasteiger charge is 2.24. The number of nitrogens with zero attached hydrogens (tertiary/aromatic N) is 1. The van der Waals surface area contributed by atoms with E-state index < -0.39 is 0 Å². The molecule has 0 aromatic heterocycles. The second-order valence-corrected chi connectivity index (χ2v) is 5.91. The Morgan fingerprint density at radius 2 is 2.11 bits per heavy atom. The van der Waals surface area contributed by atoms with Crippen LogP contribution in [-0.4, -0.2) is 44.1 Å². The van der Waals surface area contributed by atoms with Gasteiger partial charge in [0.1, 0.15) is 5.75 Å². The second kappa shape index (κ2) is 6.56. The Labute approximate surface area is 127 Å². The van der Waals surface area contributed by atoms with E-state index in [1.165, 1.54) is 0 Å². The van der Waals surface area contributed by atoms with E-state index in [4.69, 9.17) is 4.74 Å². The molecule has 4 nitrogen and oxygen atoms in total. The average Bonchev–Trinajstić information content (AvgIpc) is 2.46. The number of methoxy groups -OCH3 is 1. The highest BCUT2D eigenvalue weighted by atomic mass is 127. The van der Waals surface area contributed by atoms with Crippen molar-refractivity contribution in [2.24, 2.45) is 0 Å². The summed E-state index contributed by atoms with van der Waals surface area (Å²) in [6.45, 7) is 1.98. The maximum atomic E-state index is 12.5. The van der Waals surface area contributed by atoms with Crippen LogP contribution in [0.2, 0.25) is 0 Å². The number of hydrogen-bond acceptors (Lipinski definition) is 3. The average molecular weight is 374 g/mol. The molecule has 0 atom stereocenters. The maximum absolute atomic E-state index is 12.5. The largest absolute Gasteiger partial charge is 0.497 e. The van der Waals surface area contributed by atoms with Crippen molar-refractivity contribution in [1.82, 2.24) is 10.2 Å². The third-order valence-corrected chi connectivity index (χ3v) is 4.48. The van der Waals surface area contributed by atoms with E-state index in [2.05, 4.69) is 27.9 Å². The standard InChI is InChI=1S/C14H19IN2O2/c1-17(10-5-7-16-8-6-10)14(18)12-4-3-11(19-2)9-13(12)15/h3-4,9-10,16H,5-8H2,1-2H3. The zero-order valence-electron chi connectivity index (χ0n) is 11.3. The van der Waals surface area contributed by atoms with Gasteiger partial charge in [-0.1, -0.05) is 0 Å². The Hall–Kier alpha value is -0.820. The first-order valence-corrected chi connectivity index (χ1v) is 7.52. The van der Waals surface area contributed by atoms with Crippen LogP contribution < -0.4 is 10.1 Å². The molecule has 1 aromatic carbocycles. The molecular weight excluding hydrogens is 355 g/mol. The van der Waals surface area contributed by atoms with Gasteiger partial charge in [-0.05, 0) is 66.7 Å². The van der Waals surface area contributed by atoms with Crippen molar-refractivity contribution in [3.05, 3.63) is 27.3 Å². The van der Waals surface area contributed by atoms with Crippen LogP contribution in [0.3, 0.4) is 0 Å². The van der Waals surface area contributed by atoms with E-state index in [0.29, 0.717) is 6.04 Å². The summed E-state index contributed by atoms with van der Waals surface area (Å²) in [7, 11) is 3.53. The number of piperidine rings is 1. The highest BCUT2D eigenvalue weighted by Crippen LogP contribution is 2.22. The molecule has 2 rings (SSSR count). The predicted octanol–water partition coefficient (Wildman–Crippen LogP) is 2.12. The van der Waals surface area contributed by atoms with Crippen molar-refractivity contribution in [1.29, 1.82) is 0 Å². The van der Waals surface area contributed by atoms with Gasteiger partial charge in [-0.3, -0.25) is 4.79 Å². The van der Waals surface area contributed by atoms with Crippen LogP contribution in [0, 0.1) is 3.57 Å². The summed E-state index contributed by atoms with van der Waals surface area (Å²) < 4.78 is 6.10. The minimum atomic E-state index is 0.0963. The molecule has 0 spiro atoms.